The Bertz CT molecular complexity index is 1240. The predicted octanol–water partition coefficient (Wildman–Crippen LogP) is 0.168. The van der Waals surface area contributed by atoms with Crippen LogP contribution in [0.15, 0.2) is 30.5 Å². The van der Waals surface area contributed by atoms with Gasteiger partial charge in [-0.1, -0.05) is 5.21 Å². The number of H-pyrrole nitrogens is 1. The van der Waals surface area contributed by atoms with Gasteiger partial charge in [-0.2, -0.15) is 5.21 Å². The summed E-state index contributed by atoms with van der Waals surface area (Å²) in [5.41, 5.74) is 1.05. The van der Waals surface area contributed by atoms with E-state index < -0.39 is 18.7 Å². The molecule has 2 aliphatic heterocycles. The highest BCUT2D eigenvalue weighted by Gasteiger charge is 2.40. The number of hydrogen-bond acceptors (Lipinski definition) is 11. The number of tetrazole rings is 1. The third-order valence-electron chi connectivity index (χ3n) is 6.04. The lowest BCUT2D eigenvalue weighted by Gasteiger charge is -2.35. The van der Waals surface area contributed by atoms with Crippen LogP contribution in [0.4, 0.5) is 22.1 Å². The highest BCUT2D eigenvalue weighted by Crippen LogP contribution is 2.39. The Morgan fingerprint density at radius 3 is 3.00 bits per heavy atom. The van der Waals surface area contributed by atoms with E-state index in [-0.39, 0.29) is 36.4 Å². The third kappa shape index (κ3) is 4.94. The van der Waals surface area contributed by atoms with Crippen LogP contribution in [-0.2, 0) is 6.42 Å². The summed E-state index contributed by atoms with van der Waals surface area (Å²) in [7, 11) is 0. The standard InChI is InChI=1S/C22H25N9O5/c32-11-14(33)12-36-15-5-7-23-20(9-15)25-22(35)31-13-6-8-30(10-13)17-2-1-16(24-21(17)31)18(34)3-4-19-26-28-29-27-19/h1-2,5,7,9,13-14,32-33H,3-4,6,8,10-12H2,(H,23,25,35)(H,26,27,28,29)/t13-,14+/m0/s1. The van der Waals surface area contributed by atoms with Crippen LogP contribution < -0.4 is 19.9 Å². The van der Waals surface area contributed by atoms with Crippen LogP contribution in [0.3, 0.4) is 0 Å². The highest BCUT2D eigenvalue weighted by atomic mass is 16.5. The zero-order chi connectivity index (χ0) is 25.1. The summed E-state index contributed by atoms with van der Waals surface area (Å²) in [6.07, 6.45) is 1.71. The number of anilines is 3. The summed E-state index contributed by atoms with van der Waals surface area (Å²) in [6, 6.07) is 6.08. The number of Topliss-reactive ketones (excluding diaryl/α,β-unsaturated/α-hetero) is 1. The van der Waals surface area contributed by atoms with E-state index in [1.807, 2.05) is 6.07 Å². The summed E-state index contributed by atoms with van der Waals surface area (Å²) in [5.74, 6) is 1.31. The molecule has 2 bridgehead atoms. The number of fused-ring (bicyclic) bond motifs is 4. The summed E-state index contributed by atoms with van der Waals surface area (Å²) in [6.45, 7) is 0.931. The molecule has 0 aliphatic carbocycles. The smallest absolute Gasteiger partial charge is 0.329 e. The van der Waals surface area contributed by atoms with Gasteiger partial charge in [0, 0.05) is 38.2 Å². The maximum Gasteiger partial charge on any atom is 0.329 e. The minimum atomic E-state index is -1.01. The van der Waals surface area contributed by atoms with E-state index >= 15 is 0 Å². The molecule has 5 heterocycles. The number of urea groups is 1. The minimum Gasteiger partial charge on any atom is -0.491 e. The molecule has 0 aromatic carbocycles. The van der Waals surface area contributed by atoms with E-state index in [4.69, 9.17) is 9.84 Å². The molecule has 188 valence electrons. The monoisotopic (exact) mass is 495 g/mol. The van der Waals surface area contributed by atoms with Crippen LogP contribution in [0.2, 0.25) is 0 Å². The number of aromatic amines is 1. The molecule has 2 amide bonds. The molecule has 0 unspecified atom stereocenters. The second-order valence-corrected chi connectivity index (χ2v) is 8.50. The molecule has 36 heavy (non-hydrogen) atoms. The molecule has 1 fully saturated rings. The first-order valence-corrected chi connectivity index (χ1v) is 11.5. The van der Waals surface area contributed by atoms with Crippen molar-refractivity contribution in [2.45, 2.75) is 31.4 Å². The van der Waals surface area contributed by atoms with Gasteiger partial charge in [0.05, 0.1) is 18.3 Å². The Hall–Kier alpha value is -4.17. The Morgan fingerprint density at radius 2 is 2.19 bits per heavy atom. The van der Waals surface area contributed by atoms with Crippen molar-refractivity contribution >= 4 is 29.1 Å². The molecule has 1 saturated heterocycles. The first-order chi connectivity index (χ1) is 17.5. The van der Waals surface area contributed by atoms with Gasteiger partial charge < -0.3 is 19.8 Å². The van der Waals surface area contributed by atoms with Gasteiger partial charge in [0.1, 0.15) is 30.0 Å². The Balaban J connectivity index is 1.34. The van der Waals surface area contributed by atoms with Crippen molar-refractivity contribution < 1.29 is 24.5 Å². The van der Waals surface area contributed by atoms with Gasteiger partial charge in [-0.15, -0.1) is 10.2 Å². The molecule has 14 heteroatoms. The average Bonchev–Trinajstić information content (AvgIpc) is 3.57. The average molecular weight is 496 g/mol. The SMILES string of the molecule is O=C(CCc1nn[nH]n1)c1ccc2c(n1)N(C(=O)Nc1cc(OC[C@H](O)CO)ccn1)[C@H]1CCN2C1. The van der Waals surface area contributed by atoms with E-state index in [9.17, 15) is 14.7 Å². The predicted molar refractivity (Wildman–Crippen MR) is 126 cm³/mol. The van der Waals surface area contributed by atoms with Gasteiger partial charge in [-0.3, -0.25) is 15.0 Å². The topological polar surface area (TPSA) is 183 Å². The lowest BCUT2D eigenvalue weighted by atomic mass is 10.1. The van der Waals surface area contributed by atoms with Gasteiger partial charge in [0.2, 0.25) is 0 Å². The number of aliphatic hydroxyl groups is 2. The number of hydrogen-bond donors (Lipinski definition) is 4. The molecular weight excluding hydrogens is 470 g/mol. The van der Waals surface area contributed by atoms with E-state index in [0.717, 1.165) is 18.7 Å². The summed E-state index contributed by atoms with van der Waals surface area (Å²) in [5, 5.41) is 34.8. The molecule has 4 N–H and O–H groups in total. The summed E-state index contributed by atoms with van der Waals surface area (Å²) >= 11 is 0. The van der Waals surface area contributed by atoms with Gasteiger partial charge in [0.25, 0.3) is 0 Å². The number of aromatic nitrogens is 6. The van der Waals surface area contributed by atoms with Crippen LogP contribution >= 0.6 is 0 Å². The van der Waals surface area contributed by atoms with Crippen LogP contribution in [0.5, 0.6) is 5.75 Å². The van der Waals surface area contributed by atoms with Crippen LogP contribution in [0, 0.1) is 0 Å². The van der Waals surface area contributed by atoms with E-state index in [1.165, 1.54) is 12.3 Å². The van der Waals surface area contributed by atoms with Gasteiger partial charge >= 0.3 is 6.03 Å². The molecule has 3 aromatic rings. The lowest BCUT2D eigenvalue weighted by Crippen LogP contribution is -2.48. The number of ketones is 1. The summed E-state index contributed by atoms with van der Waals surface area (Å²) < 4.78 is 5.44. The largest absolute Gasteiger partial charge is 0.491 e. The van der Waals surface area contributed by atoms with Gasteiger partial charge in [0.15, 0.2) is 17.4 Å². The molecule has 0 spiro atoms. The molecule has 0 saturated carbocycles. The number of amides is 2. The zero-order valence-electron chi connectivity index (χ0n) is 19.2. The van der Waals surface area contributed by atoms with Crippen molar-refractivity contribution in [2.24, 2.45) is 0 Å². The van der Waals surface area contributed by atoms with Crippen molar-refractivity contribution in [3.63, 3.8) is 0 Å². The molecule has 2 atom stereocenters. The Kier molecular flexibility index (Phi) is 6.69. The lowest BCUT2D eigenvalue weighted by molar-refractivity contribution is 0.0536. The highest BCUT2D eigenvalue weighted by molar-refractivity contribution is 6.05. The zero-order valence-corrected chi connectivity index (χ0v) is 19.2. The number of nitrogens with one attached hydrogen (secondary N) is 2. The van der Waals surface area contributed by atoms with Gasteiger partial charge in [-0.25, -0.2) is 14.8 Å². The number of aliphatic hydroxyl groups excluding tert-OH is 2. The van der Waals surface area contributed by atoms with Crippen molar-refractivity contribution in [3.05, 3.63) is 42.0 Å². The van der Waals surface area contributed by atoms with Crippen molar-refractivity contribution in [1.29, 1.82) is 0 Å². The number of aryl methyl sites for hydroxylation is 1. The van der Waals surface area contributed by atoms with Crippen molar-refractivity contribution in [3.8, 4) is 5.75 Å². The van der Waals surface area contributed by atoms with Crippen LogP contribution in [0.1, 0.15) is 29.2 Å². The first kappa shape index (κ1) is 23.6. The quantitative estimate of drug-likeness (QED) is 0.297. The number of carbonyl (C=O) groups is 2. The fourth-order valence-corrected chi connectivity index (χ4v) is 4.25. The maximum atomic E-state index is 13.4. The van der Waals surface area contributed by atoms with E-state index in [0.29, 0.717) is 30.4 Å². The number of rotatable bonds is 9. The Labute approximate surface area is 205 Å². The van der Waals surface area contributed by atoms with E-state index in [2.05, 4.69) is 40.8 Å². The number of pyridine rings is 2. The van der Waals surface area contributed by atoms with Crippen LogP contribution in [0.25, 0.3) is 0 Å². The molecule has 0 radical (unpaired) electrons. The third-order valence-corrected chi connectivity index (χ3v) is 6.04. The number of nitrogens with zero attached hydrogens (tertiary/aromatic N) is 7. The fraction of sp³-hybridized carbons (Fsp3) is 0.409. The number of ether oxygens (including phenoxy) is 1. The molecule has 14 nitrogen and oxygen atoms in total. The molecule has 2 aliphatic rings. The molecule has 5 rings (SSSR count). The maximum absolute atomic E-state index is 13.4. The Morgan fingerprint density at radius 1 is 1.31 bits per heavy atom. The normalized spacial score (nSPS) is 17.0. The van der Waals surface area contributed by atoms with Crippen LogP contribution in [-0.4, -0.2) is 91.1 Å². The van der Waals surface area contributed by atoms with Gasteiger partial charge in [-0.05, 0) is 24.6 Å². The van der Waals surface area contributed by atoms with Crippen molar-refractivity contribution in [1.82, 2.24) is 30.6 Å². The molecular formula is C22H25N9O5. The second-order valence-electron chi connectivity index (χ2n) is 8.50. The van der Waals surface area contributed by atoms with E-state index in [1.54, 1.807) is 17.0 Å². The molecule has 3 aromatic heterocycles. The first-order valence-electron chi connectivity index (χ1n) is 11.5. The minimum absolute atomic E-state index is 0.0985. The second kappa shape index (κ2) is 10.2. The number of carbonyl (C=O) groups excluding carboxylic acids is 2. The fourth-order valence-electron chi connectivity index (χ4n) is 4.25. The summed E-state index contributed by atoms with van der Waals surface area (Å²) in [4.78, 5) is 38.7. The van der Waals surface area contributed by atoms with Crippen molar-refractivity contribution in [2.75, 3.05) is 41.4 Å².